The molecule has 386 valence electrons. The summed E-state index contributed by atoms with van der Waals surface area (Å²) < 4.78 is 45.1. The molecule has 1 rings (SSSR count). The molecular formula is C53H90O14. The molecule has 0 unspecified atom stereocenters. The Hall–Kier alpha value is -3.78. The van der Waals surface area contributed by atoms with Crippen molar-refractivity contribution in [1.29, 1.82) is 0 Å². The van der Waals surface area contributed by atoms with Crippen molar-refractivity contribution in [1.82, 2.24) is 0 Å². The van der Waals surface area contributed by atoms with Crippen LogP contribution in [0.2, 0.25) is 0 Å². The Labute approximate surface area is 403 Å². The van der Waals surface area contributed by atoms with Crippen molar-refractivity contribution in [3.63, 3.8) is 0 Å². The molecule has 14 nitrogen and oxygen atoms in total. The minimum atomic E-state index is -1.49. The molecular weight excluding hydrogens is 861 g/mol. The fourth-order valence-electron chi connectivity index (χ4n) is 7.82. The number of carbonyl (C=O) groups excluding carboxylic acids is 6. The van der Waals surface area contributed by atoms with Crippen LogP contribution in [0.15, 0.2) is 24.3 Å². The van der Waals surface area contributed by atoms with E-state index in [1.807, 2.05) is 0 Å². The van der Waals surface area contributed by atoms with E-state index in [9.17, 15) is 28.8 Å². The van der Waals surface area contributed by atoms with Crippen LogP contribution in [0.4, 0.5) is 0 Å². The second kappa shape index (κ2) is 41.2. The fraction of sp³-hybridized carbons (Fsp3) is 0.811. The summed E-state index contributed by atoms with van der Waals surface area (Å²) in [6, 6.07) is 0. The van der Waals surface area contributed by atoms with Gasteiger partial charge in [-0.1, -0.05) is 141 Å². The van der Waals surface area contributed by atoms with Gasteiger partial charge in [-0.05, 0) is 64.2 Å². The highest BCUT2D eigenvalue weighted by Gasteiger charge is 2.53. The van der Waals surface area contributed by atoms with Crippen molar-refractivity contribution in [3.8, 4) is 0 Å². The first-order chi connectivity index (χ1) is 32.4. The molecule has 0 aliphatic carbocycles. The third-order valence-corrected chi connectivity index (χ3v) is 11.4. The summed E-state index contributed by atoms with van der Waals surface area (Å²) in [4.78, 5) is 74.6. The average Bonchev–Trinajstić information content (AvgIpc) is 3.27. The van der Waals surface area contributed by atoms with Gasteiger partial charge in [-0.15, -0.1) is 0 Å². The maximum atomic E-state index is 13.2. The smallest absolute Gasteiger partial charge is 0.306 e. The van der Waals surface area contributed by atoms with Gasteiger partial charge in [0.2, 0.25) is 0 Å². The van der Waals surface area contributed by atoms with E-state index in [-0.39, 0.29) is 26.1 Å². The third kappa shape index (κ3) is 34.2. The summed E-state index contributed by atoms with van der Waals surface area (Å²) in [5, 5.41) is 0. The number of allylic oxidation sites excluding steroid dienone is 4. The lowest BCUT2D eigenvalue weighted by molar-refractivity contribution is -0.311. The lowest BCUT2D eigenvalue weighted by Gasteiger charge is -2.44. The van der Waals surface area contributed by atoms with Crippen molar-refractivity contribution < 1.29 is 66.7 Å². The predicted molar refractivity (Wildman–Crippen MR) is 258 cm³/mol. The minimum Gasteiger partial charge on any atom is -0.463 e. The van der Waals surface area contributed by atoms with Crippen molar-refractivity contribution in [2.45, 2.75) is 258 Å². The molecule has 1 aliphatic rings. The Balaban J connectivity index is 2.83. The first-order valence-corrected chi connectivity index (χ1v) is 25.9. The van der Waals surface area contributed by atoms with E-state index in [1.54, 1.807) is 0 Å². The Bertz CT molecular complexity index is 1390. The molecule has 6 atom stereocenters. The van der Waals surface area contributed by atoms with Gasteiger partial charge in [0, 0.05) is 40.5 Å². The second-order valence-electron chi connectivity index (χ2n) is 17.9. The summed E-state index contributed by atoms with van der Waals surface area (Å²) >= 11 is 0. The summed E-state index contributed by atoms with van der Waals surface area (Å²) in [6.45, 7) is 7.91. The number of rotatable bonds is 41. The lowest BCUT2D eigenvalue weighted by atomic mass is 9.98. The van der Waals surface area contributed by atoms with Crippen molar-refractivity contribution in [2.24, 2.45) is 0 Å². The molecule has 1 saturated heterocycles. The average molecular weight is 951 g/mol. The van der Waals surface area contributed by atoms with Crippen LogP contribution in [0, 0.1) is 0 Å². The van der Waals surface area contributed by atoms with E-state index in [4.69, 9.17) is 37.9 Å². The monoisotopic (exact) mass is 951 g/mol. The zero-order chi connectivity index (χ0) is 49.3. The van der Waals surface area contributed by atoms with Gasteiger partial charge in [-0.25, -0.2) is 0 Å². The molecule has 0 radical (unpaired) electrons. The summed E-state index contributed by atoms with van der Waals surface area (Å²) in [7, 11) is 0. The number of unbranched alkanes of at least 4 members (excludes halogenated alkanes) is 22. The maximum absolute atomic E-state index is 13.2. The third-order valence-electron chi connectivity index (χ3n) is 11.4. The van der Waals surface area contributed by atoms with Gasteiger partial charge < -0.3 is 37.9 Å². The highest BCUT2D eigenvalue weighted by molar-refractivity contribution is 5.70. The Morgan fingerprint density at radius 2 is 0.851 bits per heavy atom. The number of ether oxygens (including phenoxy) is 8. The second-order valence-corrected chi connectivity index (χ2v) is 17.9. The Morgan fingerprint density at radius 3 is 1.30 bits per heavy atom. The van der Waals surface area contributed by atoms with Gasteiger partial charge >= 0.3 is 35.8 Å². The minimum absolute atomic E-state index is 0.149. The van der Waals surface area contributed by atoms with E-state index >= 15 is 0 Å². The first-order valence-electron chi connectivity index (χ1n) is 25.9. The quantitative estimate of drug-likeness (QED) is 0.0245. The fourth-order valence-corrected chi connectivity index (χ4v) is 7.82. The van der Waals surface area contributed by atoms with Crippen LogP contribution in [0.25, 0.3) is 0 Å². The van der Waals surface area contributed by atoms with Crippen LogP contribution in [-0.4, -0.2) is 92.4 Å². The van der Waals surface area contributed by atoms with Crippen molar-refractivity contribution in [3.05, 3.63) is 24.3 Å². The molecule has 0 aromatic carbocycles. The van der Waals surface area contributed by atoms with Gasteiger partial charge in [0.15, 0.2) is 30.7 Å². The van der Waals surface area contributed by atoms with Gasteiger partial charge in [0.25, 0.3) is 0 Å². The maximum Gasteiger partial charge on any atom is 0.306 e. The predicted octanol–water partition coefficient (Wildman–Crippen LogP) is 11.6. The molecule has 67 heavy (non-hydrogen) atoms. The molecule has 14 heteroatoms. The molecule has 0 N–H and O–H groups in total. The standard InChI is InChI=1S/C53H90O14/c1-7-9-11-13-15-17-19-21-23-25-27-29-31-33-35-37-48(58)61-39-46(66-49(59)38-36-34-32-30-28-26-24-22-20-18-16-14-12-10-8-2)40-62-53-52(65-45(6)57)51(64-44(5)56)50(63-43(4)55)47(67-53)41-60-42(3)54/h21-24,46-47,50-53H,7-20,25-41H2,1-6H3/b23-21-,24-22-/t46-,47-,50-,51+,52-,53-/m1/s1. The van der Waals surface area contributed by atoms with E-state index in [0.29, 0.717) is 12.8 Å². The molecule has 0 saturated carbocycles. The number of carbonyl (C=O) groups is 6. The van der Waals surface area contributed by atoms with Crippen LogP contribution in [0.5, 0.6) is 0 Å². The van der Waals surface area contributed by atoms with E-state index < -0.39 is 79.2 Å². The highest BCUT2D eigenvalue weighted by atomic mass is 16.7. The zero-order valence-corrected chi connectivity index (χ0v) is 42.4. The lowest BCUT2D eigenvalue weighted by Crippen LogP contribution is -2.63. The SMILES string of the molecule is CCCCCCCC/C=C\CCCCCCCC(=O)OC[C@H](CO[C@@H]1O[C@H](COC(C)=O)[C@@H](OC(C)=O)[C@H](OC(C)=O)[C@H]1OC(C)=O)OC(=O)CCCCCCC/C=C\CCCCCCCC. The first kappa shape index (κ1) is 61.2. The normalized spacial score (nSPS) is 18.7. The molecule has 0 spiro atoms. The number of esters is 6. The van der Waals surface area contributed by atoms with Gasteiger partial charge in [0.1, 0.15) is 19.3 Å². The van der Waals surface area contributed by atoms with Crippen LogP contribution in [0.1, 0.15) is 221 Å². The van der Waals surface area contributed by atoms with Crippen LogP contribution in [-0.2, 0) is 66.7 Å². The summed E-state index contributed by atoms with van der Waals surface area (Å²) in [5.74, 6) is -3.93. The van der Waals surface area contributed by atoms with Crippen molar-refractivity contribution in [2.75, 3.05) is 19.8 Å². The number of hydrogen-bond donors (Lipinski definition) is 0. The molecule has 0 amide bonds. The molecule has 1 heterocycles. The Kier molecular flexibility index (Phi) is 37.7. The zero-order valence-electron chi connectivity index (χ0n) is 42.4. The Morgan fingerprint density at radius 1 is 0.448 bits per heavy atom. The summed E-state index contributed by atoms with van der Waals surface area (Å²) in [5.41, 5.74) is 0. The van der Waals surface area contributed by atoms with Crippen LogP contribution in [0.3, 0.4) is 0 Å². The van der Waals surface area contributed by atoms with Gasteiger partial charge in [0.05, 0.1) is 6.61 Å². The van der Waals surface area contributed by atoms with Gasteiger partial charge in [-0.2, -0.15) is 0 Å². The van der Waals surface area contributed by atoms with Crippen LogP contribution >= 0.6 is 0 Å². The van der Waals surface area contributed by atoms with Crippen molar-refractivity contribution >= 4 is 35.8 Å². The molecule has 1 fully saturated rings. The van der Waals surface area contributed by atoms with Crippen LogP contribution < -0.4 is 0 Å². The van der Waals surface area contributed by atoms with E-state index in [0.717, 1.165) is 97.8 Å². The summed E-state index contributed by atoms with van der Waals surface area (Å²) in [6.07, 6.45) is 30.9. The van der Waals surface area contributed by atoms with E-state index in [2.05, 4.69) is 38.2 Å². The largest absolute Gasteiger partial charge is 0.463 e. The molecule has 1 aliphatic heterocycles. The van der Waals surface area contributed by atoms with E-state index in [1.165, 1.54) is 84.0 Å². The topological polar surface area (TPSA) is 176 Å². The molecule has 0 aromatic heterocycles. The molecule has 0 aromatic rings. The van der Waals surface area contributed by atoms with Gasteiger partial charge in [-0.3, -0.25) is 28.8 Å². The number of hydrogen-bond acceptors (Lipinski definition) is 14. The highest BCUT2D eigenvalue weighted by Crippen LogP contribution is 2.30. The molecule has 0 bridgehead atoms.